The molecule has 1 unspecified atom stereocenters. The molecule has 0 aromatic carbocycles. The molecule has 1 aliphatic carbocycles. The van der Waals surface area contributed by atoms with Crippen LogP contribution >= 0.6 is 11.8 Å². The van der Waals surface area contributed by atoms with E-state index in [0.29, 0.717) is 12.0 Å². The lowest BCUT2D eigenvalue weighted by molar-refractivity contribution is -0.143. The summed E-state index contributed by atoms with van der Waals surface area (Å²) in [6, 6.07) is 0.700. The average Bonchev–Trinajstić information content (AvgIpc) is 2.38. The maximum Gasteiger partial charge on any atom is 0.306 e. The SMILES string of the molecule is O=C(O)C1CCC(CNC2CCCSC2)CC1. The van der Waals surface area contributed by atoms with Crippen LogP contribution in [0.1, 0.15) is 38.5 Å². The summed E-state index contributed by atoms with van der Waals surface area (Å²) in [7, 11) is 0. The third kappa shape index (κ3) is 4.18. The first-order chi connectivity index (χ1) is 8.25. The van der Waals surface area contributed by atoms with Gasteiger partial charge in [-0.1, -0.05) is 0 Å². The van der Waals surface area contributed by atoms with E-state index in [-0.39, 0.29) is 5.92 Å². The third-order valence-electron chi connectivity index (χ3n) is 4.05. The maximum atomic E-state index is 10.8. The molecule has 17 heavy (non-hydrogen) atoms. The molecular weight excluding hydrogens is 234 g/mol. The van der Waals surface area contributed by atoms with Crippen molar-refractivity contribution in [3.05, 3.63) is 0 Å². The Balaban J connectivity index is 1.62. The molecule has 0 bridgehead atoms. The zero-order valence-corrected chi connectivity index (χ0v) is 11.2. The number of thioether (sulfide) groups is 1. The quantitative estimate of drug-likeness (QED) is 0.812. The summed E-state index contributed by atoms with van der Waals surface area (Å²) in [5, 5.41) is 12.6. The molecule has 0 amide bonds. The number of hydrogen-bond donors (Lipinski definition) is 2. The van der Waals surface area contributed by atoms with Crippen LogP contribution in [0.2, 0.25) is 0 Å². The molecule has 1 saturated heterocycles. The molecule has 98 valence electrons. The Morgan fingerprint density at radius 1 is 1.24 bits per heavy atom. The van der Waals surface area contributed by atoms with Crippen molar-refractivity contribution in [2.45, 2.75) is 44.6 Å². The van der Waals surface area contributed by atoms with E-state index < -0.39 is 5.97 Å². The average molecular weight is 257 g/mol. The maximum absolute atomic E-state index is 10.8. The molecule has 0 aromatic heterocycles. The van der Waals surface area contributed by atoms with E-state index in [9.17, 15) is 4.79 Å². The zero-order valence-electron chi connectivity index (χ0n) is 10.4. The van der Waals surface area contributed by atoms with Gasteiger partial charge in [-0.05, 0) is 56.7 Å². The molecule has 2 N–H and O–H groups in total. The minimum Gasteiger partial charge on any atom is -0.481 e. The fraction of sp³-hybridized carbons (Fsp3) is 0.923. The van der Waals surface area contributed by atoms with Gasteiger partial charge in [-0.2, -0.15) is 11.8 Å². The van der Waals surface area contributed by atoms with Crippen LogP contribution < -0.4 is 5.32 Å². The van der Waals surface area contributed by atoms with Gasteiger partial charge in [-0.15, -0.1) is 0 Å². The van der Waals surface area contributed by atoms with Gasteiger partial charge in [-0.3, -0.25) is 4.79 Å². The van der Waals surface area contributed by atoms with Gasteiger partial charge < -0.3 is 10.4 Å². The second kappa shape index (κ2) is 6.64. The van der Waals surface area contributed by atoms with Crippen LogP contribution in [0.15, 0.2) is 0 Å². The molecule has 1 aliphatic heterocycles. The monoisotopic (exact) mass is 257 g/mol. The minimum atomic E-state index is -0.597. The summed E-state index contributed by atoms with van der Waals surface area (Å²) in [5.41, 5.74) is 0. The normalized spacial score (nSPS) is 34.5. The smallest absolute Gasteiger partial charge is 0.306 e. The minimum absolute atomic E-state index is 0.0727. The highest BCUT2D eigenvalue weighted by molar-refractivity contribution is 7.99. The van der Waals surface area contributed by atoms with E-state index in [1.54, 1.807) is 0 Å². The van der Waals surface area contributed by atoms with E-state index in [1.165, 1.54) is 24.3 Å². The topological polar surface area (TPSA) is 49.3 Å². The van der Waals surface area contributed by atoms with Gasteiger partial charge in [0, 0.05) is 11.8 Å². The van der Waals surface area contributed by atoms with E-state index in [4.69, 9.17) is 5.11 Å². The summed E-state index contributed by atoms with van der Waals surface area (Å²) in [6.45, 7) is 1.09. The first-order valence-electron chi connectivity index (χ1n) is 6.79. The predicted molar refractivity (Wildman–Crippen MR) is 71.4 cm³/mol. The second-order valence-corrected chi connectivity index (χ2v) is 6.53. The first-order valence-corrected chi connectivity index (χ1v) is 7.95. The highest BCUT2D eigenvalue weighted by Gasteiger charge is 2.26. The van der Waals surface area contributed by atoms with Gasteiger partial charge in [-0.25, -0.2) is 0 Å². The number of rotatable bonds is 4. The molecule has 1 saturated carbocycles. The van der Waals surface area contributed by atoms with Crippen LogP contribution in [0.4, 0.5) is 0 Å². The lowest BCUT2D eigenvalue weighted by Crippen LogP contribution is -2.38. The zero-order chi connectivity index (χ0) is 12.1. The molecule has 0 spiro atoms. The third-order valence-corrected chi connectivity index (χ3v) is 5.27. The van der Waals surface area contributed by atoms with Crippen LogP contribution in [-0.2, 0) is 4.79 Å². The number of carboxylic acids is 1. The van der Waals surface area contributed by atoms with E-state index in [1.807, 2.05) is 0 Å². The van der Waals surface area contributed by atoms with Crippen molar-refractivity contribution in [2.24, 2.45) is 11.8 Å². The fourth-order valence-corrected chi connectivity index (χ4v) is 3.96. The molecule has 2 aliphatic rings. The van der Waals surface area contributed by atoms with Crippen LogP contribution in [-0.4, -0.2) is 35.2 Å². The van der Waals surface area contributed by atoms with Gasteiger partial charge in [0.1, 0.15) is 0 Å². The lowest BCUT2D eigenvalue weighted by Gasteiger charge is -2.29. The molecule has 0 aromatic rings. The molecular formula is C13H23NO2S. The van der Waals surface area contributed by atoms with Gasteiger partial charge in [0.2, 0.25) is 0 Å². The molecule has 4 heteroatoms. The standard InChI is InChI=1S/C13H23NO2S/c15-13(16)11-5-3-10(4-6-11)8-14-12-2-1-7-17-9-12/h10-12,14H,1-9H2,(H,15,16). The number of carbonyl (C=O) groups is 1. The highest BCUT2D eigenvalue weighted by Crippen LogP contribution is 2.28. The number of carboxylic acid groups (broad SMARTS) is 1. The summed E-state index contributed by atoms with van der Waals surface area (Å²) in [5.74, 6) is 2.61. The van der Waals surface area contributed by atoms with E-state index >= 15 is 0 Å². The van der Waals surface area contributed by atoms with Crippen molar-refractivity contribution < 1.29 is 9.90 Å². The molecule has 0 radical (unpaired) electrons. The molecule has 1 atom stereocenters. The lowest BCUT2D eigenvalue weighted by atomic mass is 9.82. The Morgan fingerprint density at radius 3 is 2.59 bits per heavy atom. The van der Waals surface area contributed by atoms with Crippen molar-refractivity contribution in [1.82, 2.24) is 5.32 Å². The van der Waals surface area contributed by atoms with Crippen LogP contribution in [0.5, 0.6) is 0 Å². The summed E-state index contributed by atoms with van der Waals surface area (Å²) in [6.07, 6.45) is 6.58. The van der Waals surface area contributed by atoms with Crippen molar-refractivity contribution in [3.63, 3.8) is 0 Å². The Hall–Kier alpha value is -0.220. The summed E-state index contributed by atoms with van der Waals surface area (Å²) >= 11 is 2.05. The first kappa shape index (κ1) is 13.2. The summed E-state index contributed by atoms with van der Waals surface area (Å²) in [4.78, 5) is 10.8. The van der Waals surface area contributed by atoms with Crippen LogP contribution in [0, 0.1) is 11.8 Å². The van der Waals surface area contributed by atoms with Crippen molar-refractivity contribution in [2.75, 3.05) is 18.1 Å². The van der Waals surface area contributed by atoms with Gasteiger partial charge in [0.15, 0.2) is 0 Å². The molecule has 2 rings (SSSR count). The molecule has 2 fully saturated rings. The van der Waals surface area contributed by atoms with Crippen LogP contribution in [0.3, 0.4) is 0 Å². The molecule has 3 nitrogen and oxygen atoms in total. The van der Waals surface area contributed by atoms with E-state index in [2.05, 4.69) is 17.1 Å². The van der Waals surface area contributed by atoms with Crippen molar-refractivity contribution >= 4 is 17.7 Å². The van der Waals surface area contributed by atoms with Gasteiger partial charge >= 0.3 is 5.97 Å². The second-order valence-electron chi connectivity index (χ2n) is 5.38. The van der Waals surface area contributed by atoms with Crippen molar-refractivity contribution in [3.8, 4) is 0 Å². The number of aliphatic carboxylic acids is 1. The number of hydrogen-bond acceptors (Lipinski definition) is 3. The number of nitrogens with one attached hydrogen (secondary N) is 1. The fourth-order valence-electron chi connectivity index (χ4n) is 2.85. The van der Waals surface area contributed by atoms with Crippen LogP contribution in [0.25, 0.3) is 0 Å². The largest absolute Gasteiger partial charge is 0.481 e. The Labute approximate surface area is 108 Å². The molecule has 1 heterocycles. The van der Waals surface area contributed by atoms with Crippen molar-refractivity contribution in [1.29, 1.82) is 0 Å². The Morgan fingerprint density at radius 2 is 2.00 bits per heavy atom. The van der Waals surface area contributed by atoms with Gasteiger partial charge in [0.05, 0.1) is 5.92 Å². The highest BCUT2D eigenvalue weighted by atomic mass is 32.2. The van der Waals surface area contributed by atoms with Gasteiger partial charge in [0.25, 0.3) is 0 Å². The van der Waals surface area contributed by atoms with E-state index in [0.717, 1.165) is 32.2 Å². The summed E-state index contributed by atoms with van der Waals surface area (Å²) < 4.78 is 0. The predicted octanol–water partition coefficient (Wildman–Crippen LogP) is 2.36. The Kier molecular flexibility index (Phi) is 5.16. The Bertz CT molecular complexity index is 246.